The number of pyridine rings is 1. The number of benzene rings is 2. The van der Waals surface area contributed by atoms with Crippen molar-refractivity contribution in [1.29, 1.82) is 0 Å². The van der Waals surface area contributed by atoms with Gasteiger partial charge in [0.05, 0.1) is 16.9 Å². The summed E-state index contributed by atoms with van der Waals surface area (Å²) in [6.07, 6.45) is -1.25. The van der Waals surface area contributed by atoms with E-state index in [0.29, 0.717) is 22.7 Å². The normalized spacial score (nSPS) is 14.6. The highest BCUT2D eigenvalue weighted by Crippen LogP contribution is 2.32. The Kier molecular flexibility index (Phi) is 7.50. The van der Waals surface area contributed by atoms with Crippen LogP contribution < -0.4 is 20.4 Å². The lowest BCUT2D eigenvalue weighted by Gasteiger charge is -2.20. The highest BCUT2D eigenvalue weighted by Gasteiger charge is 2.32. The van der Waals surface area contributed by atoms with Gasteiger partial charge in [-0.05, 0) is 61.5 Å². The number of ether oxygens (including phenoxy) is 1. The van der Waals surface area contributed by atoms with E-state index in [4.69, 9.17) is 4.74 Å². The van der Waals surface area contributed by atoms with E-state index in [1.54, 1.807) is 36.7 Å². The first-order valence-corrected chi connectivity index (χ1v) is 12.6. The zero-order valence-corrected chi connectivity index (χ0v) is 22.3. The molecule has 3 heterocycles. The number of nitrogens with one attached hydrogen (secondary N) is 1. The summed E-state index contributed by atoms with van der Waals surface area (Å²) in [7, 11) is 1.52. The smallest absolute Gasteiger partial charge is 0.416 e. The summed E-state index contributed by atoms with van der Waals surface area (Å²) < 4.78 is 45.9. The Balaban J connectivity index is 1.36. The minimum Gasteiger partial charge on any atom is -0.489 e. The quantitative estimate of drug-likeness (QED) is 0.376. The molecule has 1 aliphatic rings. The van der Waals surface area contributed by atoms with Crippen LogP contribution in [0.4, 0.5) is 18.9 Å². The maximum atomic E-state index is 13.3. The van der Waals surface area contributed by atoms with Crippen LogP contribution in [0.15, 0.2) is 77.9 Å². The molecule has 2 amide bonds. The van der Waals surface area contributed by atoms with Crippen molar-refractivity contribution in [1.82, 2.24) is 20.1 Å². The summed E-state index contributed by atoms with van der Waals surface area (Å²) in [5, 5.41) is 6.59. The van der Waals surface area contributed by atoms with Gasteiger partial charge in [0.15, 0.2) is 5.69 Å². The third-order valence-corrected chi connectivity index (χ3v) is 6.43. The summed E-state index contributed by atoms with van der Waals surface area (Å²) >= 11 is 0. The van der Waals surface area contributed by atoms with Crippen LogP contribution in [0.2, 0.25) is 0 Å². The van der Waals surface area contributed by atoms with Crippen molar-refractivity contribution < 1.29 is 27.5 Å². The van der Waals surface area contributed by atoms with Crippen molar-refractivity contribution in [3.63, 3.8) is 0 Å². The molecule has 2 aromatic carbocycles. The number of carbonyl (C=O) groups is 2. The van der Waals surface area contributed by atoms with Gasteiger partial charge in [-0.15, -0.1) is 0 Å². The Labute approximate surface area is 237 Å². The standard InChI is InChI=1S/C30H22F3N5O4/c1-18-14-25(39)27(36-38(18)22-10-8-21(9-11-22)30(31,32)33)28(40)35-23-17-42-26-12-7-19(15-24(26)37(2)29(23)41)5-6-20-4-3-13-34-16-20/h3-4,7-16,23H,17H2,1-2H3,(H,35,40)/t23-/m0/s1. The van der Waals surface area contributed by atoms with Crippen molar-refractivity contribution in [2.24, 2.45) is 0 Å². The number of anilines is 1. The van der Waals surface area contributed by atoms with Gasteiger partial charge in [0, 0.05) is 42.3 Å². The average molecular weight is 574 g/mol. The molecule has 1 atom stereocenters. The fraction of sp³-hybridized carbons (Fsp3) is 0.167. The molecule has 0 aliphatic carbocycles. The lowest BCUT2D eigenvalue weighted by molar-refractivity contribution is -0.137. The summed E-state index contributed by atoms with van der Waals surface area (Å²) in [5.74, 6) is 4.96. The van der Waals surface area contributed by atoms with E-state index in [1.807, 2.05) is 6.07 Å². The number of nitrogens with zero attached hydrogens (tertiary/aromatic N) is 4. The van der Waals surface area contributed by atoms with Crippen LogP contribution >= 0.6 is 0 Å². The van der Waals surface area contributed by atoms with Crippen molar-refractivity contribution in [3.8, 4) is 23.3 Å². The number of halogens is 3. The Morgan fingerprint density at radius 1 is 1.05 bits per heavy atom. The summed E-state index contributed by atoms with van der Waals surface area (Å²) in [6, 6.07) is 12.8. The fourth-order valence-corrected chi connectivity index (χ4v) is 4.24. The second-order valence-corrected chi connectivity index (χ2v) is 9.36. The number of aromatic nitrogens is 3. The largest absolute Gasteiger partial charge is 0.489 e. The molecule has 0 unspecified atom stereocenters. The molecule has 0 bridgehead atoms. The first kappa shape index (κ1) is 28.1. The predicted octanol–water partition coefficient (Wildman–Crippen LogP) is 3.51. The minimum absolute atomic E-state index is 0.209. The van der Waals surface area contributed by atoms with Crippen molar-refractivity contribution >= 4 is 17.5 Å². The average Bonchev–Trinajstić information content (AvgIpc) is 3.08. The first-order chi connectivity index (χ1) is 20.0. The van der Waals surface area contributed by atoms with E-state index in [-0.39, 0.29) is 12.3 Å². The second-order valence-electron chi connectivity index (χ2n) is 9.36. The third-order valence-electron chi connectivity index (χ3n) is 6.43. The molecule has 0 fully saturated rings. The predicted molar refractivity (Wildman–Crippen MR) is 146 cm³/mol. The van der Waals surface area contributed by atoms with Crippen LogP contribution in [0.25, 0.3) is 5.69 Å². The molecular formula is C30H22F3N5O4. The number of alkyl halides is 3. The van der Waals surface area contributed by atoms with Crippen LogP contribution in [0.3, 0.4) is 0 Å². The summed E-state index contributed by atoms with van der Waals surface area (Å²) in [4.78, 5) is 44.4. The van der Waals surface area contributed by atoms with E-state index >= 15 is 0 Å². The van der Waals surface area contributed by atoms with Crippen molar-refractivity contribution in [3.05, 3.63) is 111 Å². The SMILES string of the molecule is Cc1cc(=O)c(C(=O)N[C@H]2COc3ccc(C#Cc4cccnc4)cc3N(C)C2=O)nn1-c1ccc(C(F)(F)F)cc1. The van der Waals surface area contributed by atoms with Gasteiger partial charge < -0.3 is 15.0 Å². The number of hydrogen-bond donors (Lipinski definition) is 1. The molecule has 0 saturated carbocycles. The molecule has 2 aromatic heterocycles. The number of amides is 2. The maximum Gasteiger partial charge on any atom is 0.416 e. The van der Waals surface area contributed by atoms with E-state index < -0.39 is 40.7 Å². The number of carbonyl (C=O) groups excluding carboxylic acids is 2. The van der Waals surface area contributed by atoms with E-state index in [2.05, 4.69) is 27.2 Å². The molecule has 1 N–H and O–H groups in total. The molecule has 1 aliphatic heterocycles. The monoisotopic (exact) mass is 573 g/mol. The molecule has 212 valence electrons. The van der Waals surface area contributed by atoms with E-state index in [9.17, 15) is 27.6 Å². The maximum absolute atomic E-state index is 13.3. The van der Waals surface area contributed by atoms with Crippen LogP contribution in [-0.2, 0) is 11.0 Å². The Bertz CT molecular complexity index is 1790. The van der Waals surface area contributed by atoms with Gasteiger partial charge in [-0.2, -0.15) is 18.3 Å². The number of likely N-dealkylation sites (N-methyl/N-ethyl adjacent to an activating group) is 1. The van der Waals surface area contributed by atoms with Crippen LogP contribution in [-0.4, -0.2) is 46.3 Å². The molecular weight excluding hydrogens is 551 g/mol. The number of fused-ring (bicyclic) bond motifs is 1. The molecule has 0 saturated heterocycles. The van der Waals surface area contributed by atoms with Gasteiger partial charge in [-0.25, -0.2) is 4.68 Å². The molecule has 0 radical (unpaired) electrons. The van der Waals surface area contributed by atoms with Gasteiger partial charge in [0.2, 0.25) is 5.43 Å². The van der Waals surface area contributed by atoms with E-state index in [0.717, 1.165) is 23.8 Å². The van der Waals surface area contributed by atoms with Gasteiger partial charge in [0.25, 0.3) is 11.8 Å². The number of hydrogen-bond acceptors (Lipinski definition) is 6. The van der Waals surface area contributed by atoms with Crippen LogP contribution in [0, 0.1) is 18.8 Å². The highest BCUT2D eigenvalue weighted by molar-refractivity contribution is 6.02. The van der Waals surface area contributed by atoms with E-state index in [1.165, 1.54) is 35.7 Å². The van der Waals surface area contributed by atoms with Crippen LogP contribution in [0.1, 0.15) is 32.9 Å². The Hall–Kier alpha value is -5.44. The van der Waals surface area contributed by atoms with Gasteiger partial charge in [0.1, 0.15) is 18.4 Å². The van der Waals surface area contributed by atoms with Gasteiger partial charge >= 0.3 is 6.18 Å². The zero-order chi connectivity index (χ0) is 30.0. The van der Waals surface area contributed by atoms with Crippen molar-refractivity contribution in [2.45, 2.75) is 19.1 Å². The highest BCUT2D eigenvalue weighted by atomic mass is 19.4. The topological polar surface area (TPSA) is 106 Å². The molecule has 12 heteroatoms. The molecule has 5 rings (SSSR count). The molecule has 9 nitrogen and oxygen atoms in total. The van der Waals surface area contributed by atoms with Crippen molar-refractivity contribution in [2.75, 3.05) is 18.6 Å². The fourth-order valence-electron chi connectivity index (χ4n) is 4.24. The Morgan fingerprint density at radius 2 is 1.79 bits per heavy atom. The zero-order valence-electron chi connectivity index (χ0n) is 22.3. The number of aryl methyl sites for hydroxylation is 1. The van der Waals surface area contributed by atoms with Gasteiger partial charge in [-0.1, -0.05) is 11.8 Å². The molecule has 0 spiro atoms. The lowest BCUT2D eigenvalue weighted by atomic mass is 10.1. The molecule has 4 aromatic rings. The summed E-state index contributed by atoms with van der Waals surface area (Å²) in [5.41, 5.74) is 0.174. The lowest BCUT2D eigenvalue weighted by Crippen LogP contribution is -2.50. The molecule has 42 heavy (non-hydrogen) atoms. The Morgan fingerprint density at radius 3 is 2.48 bits per heavy atom. The third kappa shape index (κ3) is 5.85. The summed E-state index contributed by atoms with van der Waals surface area (Å²) in [6.45, 7) is 1.31. The van der Waals surface area contributed by atoms with Crippen LogP contribution in [0.5, 0.6) is 5.75 Å². The second kappa shape index (κ2) is 11.2. The minimum atomic E-state index is -4.52. The number of rotatable bonds is 3. The van der Waals surface area contributed by atoms with Gasteiger partial charge in [-0.3, -0.25) is 19.4 Å². The first-order valence-electron chi connectivity index (χ1n) is 12.6.